The molecule has 1 heterocycles. The van der Waals surface area contributed by atoms with E-state index in [9.17, 15) is 0 Å². The molecule has 0 atom stereocenters. The first-order chi connectivity index (χ1) is 9.86. The Morgan fingerprint density at radius 2 is 0.950 bits per heavy atom. The summed E-state index contributed by atoms with van der Waals surface area (Å²) in [4.78, 5) is 4.73. The van der Waals surface area contributed by atoms with Gasteiger partial charge in [-0.25, -0.2) is 0 Å². The Hall–Kier alpha value is -1.48. The van der Waals surface area contributed by atoms with Crippen LogP contribution in [0, 0.1) is 23.7 Å². The van der Waals surface area contributed by atoms with Gasteiger partial charge in [0, 0.05) is 65.0 Å². The maximum Gasteiger partial charge on any atom is 0.0217 e. The van der Waals surface area contributed by atoms with E-state index >= 15 is 0 Å². The van der Waals surface area contributed by atoms with Crippen LogP contribution in [0.2, 0.25) is 0 Å². The molecule has 0 saturated carbocycles. The number of hydrogen-bond acceptors (Lipinski definition) is 2. The molecule has 0 saturated heterocycles. The molecular weight excluding hydrogens is 244 g/mol. The first-order valence-corrected chi connectivity index (χ1v) is 7.44. The highest BCUT2D eigenvalue weighted by atomic mass is 15.1. The molecule has 0 aromatic carbocycles. The maximum absolute atomic E-state index is 3.81. The van der Waals surface area contributed by atoms with Crippen molar-refractivity contribution in [2.75, 3.05) is 39.3 Å². The molecule has 1 aliphatic heterocycles. The molecule has 0 N–H and O–H groups in total. The maximum atomic E-state index is 3.81. The summed E-state index contributed by atoms with van der Waals surface area (Å²) in [6.45, 7) is 13.5. The summed E-state index contributed by atoms with van der Waals surface area (Å²) < 4.78 is 0. The van der Waals surface area contributed by atoms with E-state index in [1.165, 1.54) is 0 Å². The lowest BCUT2D eigenvalue weighted by Crippen LogP contribution is -2.26. The van der Waals surface area contributed by atoms with Crippen LogP contribution < -0.4 is 0 Å². The Bertz CT molecular complexity index is 339. The van der Waals surface area contributed by atoms with Crippen LogP contribution in [0.15, 0.2) is 25.3 Å². The molecule has 0 radical (unpaired) electrons. The van der Waals surface area contributed by atoms with E-state index < -0.39 is 0 Å². The second-order valence-electron chi connectivity index (χ2n) is 4.89. The monoisotopic (exact) mass is 270 g/mol. The van der Waals surface area contributed by atoms with Crippen molar-refractivity contribution in [3.05, 3.63) is 25.3 Å². The molecule has 0 unspecified atom stereocenters. The van der Waals surface area contributed by atoms with Gasteiger partial charge in [-0.3, -0.25) is 9.80 Å². The van der Waals surface area contributed by atoms with Gasteiger partial charge in [0.2, 0.25) is 0 Å². The lowest BCUT2D eigenvalue weighted by Gasteiger charge is -2.19. The summed E-state index contributed by atoms with van der Waals surface area (Å²) in [5.41, 5.74) is 0. The Kier molecular flexibility index (Phi) is 9.41. The molecule has 1 aliphatic rings. The second-order valence-corrected chi connectivity index (χ2v) is 4.89. The lowest BCUT2D eigenvalue weighted by molar-refractivity contribution is 0.314. The fourth-order valence-electron chi connectivity index (χ4n) is 2.16. The van der Waals surface area contributed by atoms with Gasteiger partial charge >= 0.3 is 0 Å². The third-order valence-corrected chi connectivity index (χ3v) is 3.24. The van der Waals surface area contributed by atoms with Gasteiger partial charge in [0.15, 0.2) is 0 Å². The number of rotatable bonds is 4. The average Bonchev–Trinajstić information content (AvgIpc) is 2.45. The standard InChI is InChI=1S/C18H26N2/c1-3-13-19-15-9-5-7-11-17-20(14-4-2)18-12-8-6-10-16-19/h3-4H,1-2,9-18H2. The fourth-order valence-corrected chi connectivity index (χ4v) is 2.16. The van der Waals surface area contributed by atoms with Gasteiger partial charge in [-0.1, -0.05) is 12.2 Å². The molecule has 1 rings (SSSR count). The van der Waals surface area contributed by atoms with Crippen LogP contribution in [0.25, 0.3) is 0 Å². The second kappa shape index (κ2) is 11.4. The molecule has 108 valence electrons. The first kappa shape index (κ1) is 16.6. The van der Waals surface area contributed by atoms with E-state index in [1.807, 2.05) is 12.2 Å². The number of nitrogens with zero attached hydrogens (tertiary/aromatic N) is 2. The quantitative estimate of drug-likeness (QED) is 0.572. The highest BCUT2D eigenvalue weighted by molar-refractivity contribution is 5.03. The topological polar surface area (TPSA) is 6.48 Å². The molecule has 0 aromatic rings. The van der Waals surface area contributed by atoms with E-state index in [0.717, 1.165) is 65.0 Å². The molecule has 2 heteroatoms. The summed E-state index contributed by atoms with van der Waals surface area (Å²) in [7, 11) is 0. The highest BCUT2D eigenvalue weighted by Crippen LogP contribution is 1.97. The van der Waals surface area contributed by atoms with Gasteiger partial charge < -0.3 is 0 Å². The minimum atomic E-state index is 0.927. The van der Waals surface area contributed by atoms with Crippen LogP contribution in [0.3, 0.4) is 0 Å². The summed E-state index contributed by atoms with van der Waals surface area (Å²) in [6.07, 6.45) is 7.64. The molecule has 0 spiro atoms. The van der Waals surface area contributed by atoms with Crippen molar-refractivity contribution in [3.63, 3.8) is 0 Å². The fraction of sp³-hybridized carbons (Fsp3) is 0.556. The van der Waals surface area contributed by atoms with Gasteiger partial charge in [0.25, 0.3) is 0 Å². The van der Waals surface area contributed by atoms with Crippen LogP contribution in [0.5, 0.6) is 0 Å². The highest BCUT2D eigenvalue weighted by Gasteiger charge is 2.02. The average molecular weight is 270 g/mol. The summed E-state index contributed by atoms with van der Waals surface area (Å²) >= 11 is 0. The molecule has 0 aromatic heterocycles. The minimum Gasteiger partial charge on any atom is -0.298 e. The summed E-state index contributed by atoms with van der Waals surface area (Å²) in [6, 6.07) is 0. The van der Waals surface area contributed by atoms with Gasteiger partial charge in [-0.15, -0.1) is 36.8 Å². The molecule has 20 heavy (non-hydrogen) atoms. The van der Waals surface area contributed by atoms with Crippen molar-refractivity contribution in [3.8, 4) is 23.7 Å². The van der Waals surface area contributed by atoms with Crippen molar-refractivity contribution in [2.24, 2.45) is 0 Å². The van der Waals surface area contributed by atoms with Crippen molar-refractivity contribution in [1.29, 1.82) is 0 Å². The van der Waals surface area contributed by atoms with E-state index in [1.54, 1.807) is 0 Å². The van der Waals surface area contributed by atoms with Crippen molar-refractivity contribution in [1.82, 2.24) is 9.80 Å². The van der Waals surface area contributed by atoms with Gasteiger partial charge in [0.05, 0.1) is 0 Å². The Labute approximate surface area is 124 Å². The third kappa shape index (κ3) is 7.85. The first-order valence-electron chi connectivity index (χ1n) is 7.44. The zero-order valence-electron chi connectivity index (χ0n) is 12.5. The lowest BCUT2D eigenvalue weighted by atomic mass is 10.2. The van der Waals surface area contributed by atoms with Gasteiger partial charge in [-0.05, 0) is 0 Å². The van der Waals surface area contributed by atoms with Crippen LogP contribution in [0.1, 0.15) is 25.7 Å². The Morgan fingerprint density at radius 1 is 0.650 bits per heavy atom. The Balaban J connectivity index is 2.52. The van der Waals surface area contributed by atoms with Crippen LogP contribution in [-0.4, -0.2) is 49.1 Å². The largest absolute Gasteiger partial charge is 0.298 e. The summed E-state index contributed by atoms with van der Waals surface area (Å²) in [5, 5.41) is 0. The molecule has 0 amide bonds. The SMILES string of the molecule is C=CCN1CCC#CCCN(CC=C)CCC#CCC1. The van der Waals surface area contributed by atoms with E-state index in [2.05, 4.69) is 46.6 Å². The summed E-state index contributed by atoms with van der Waals surface area (Å²) in [5.74, 6) is 13.1. The molecule has 0 fully saturated rings. The molecule has 0 bridgehead atoms. The predicted molar refractivity (Wildman–Crippen MR) is 87.3 cm³/mol. The van der Waals surface area contributed by atoms with Crippen molar-refractivity contribution >= 4 is 0 Å². The van der Waals surface area contributed by atoms with Crippen LogP contribution in [0.4, 0.5) is 0 Å². The normalized spacial score (nSPS) is 18.8. The molecule has 0 aliphatic carbocycles. The van der Waals surface area contributed by atoms with E-state index in [-0.39, 0.29) is 0 Å². The van der Waals surface area contributed by atoms with Gasteiger partial charge in [-0.2, -0.15) is 0 Å². The molecule has 2 nitrogen and oxygen atoms in total. The molecular formula is C18H26N2. The number of hydrogen-bond donors (Lipinski definition) is 0. The van der Waals surface area contributed by atoms with Crippen molar-refractivity contribution < 1.29 is 0 Å². The van der Waals surface area contributed by atoms with E-state index in [0.29, 0.717) is 0 Å². The Morgan fingerprint density at radius 3 is 1.20 bits per heavy atom. The van der Waals surface area contributed by atoms with E-state index in [4.69, 9.17) is 0 Å². The van der Waals surface area contributed by atoms with Gasteiger partial charge in [0.1, 0.15) is 0 Å². The van der Waals surface area contributed by atoms with Crippen LogP contribution >= 0.6 is 0 Å². The smallest absolute Gasteiger partial charge is 0.0217 e. The van der Waals surface area contributed by atoms with Crippen LogP contribution in [-0.2, 0) is 0 Å². The minimum absolute atomic E-state index is 0.927. The van der Waals surface area contributed by atoms with Crippen molar-refractivity contribution in [2.45, 2.75) is 25.7 Å². The third-order valence-electron chi connectivity index (χ3n) is 3.24. The zero-order valence-corrected chi connectivity index (χ0v) is 12.5. The zero-order chi connectivity index (χ0) is 14.5. The predicted octanol–water partition coefficient (Wildman–Crippen LogP) is 2.54.